The Bertz CT molecular complexity index is 529. The van der Waals surface area contributed by atoms with Crippen molar-refractivity contribution in [3.05, 3.63) is 36.0 Å². The summed E-state index contributed by atoms with van der Waals surface area (Å²) in [5.74, 6) is 1.62. The Morgan fingerprint density at radius 1 is 1.35 bits per heavy atom. The minimum atomic E-state index is 0.335. The highest BCUT2D eigenvalue weighted by atomic mass is 16.5. The fourth-order valence-corrected chi connectivity index (χ4v) is 1.79. The summed E-state index contributed by atoms with van der Waals surface area (Å²) in [5.41, 5.74) is 1.13. The topological polar surface area (TPSA) is 52.2 Å². The third kappa shape index (κ3) is 3.87. The van der Waals surface area contributed by atoms with E-state index in [4.69, 9.17) is 9.15 Å². The lowest BCUT2D eigenvalue weighted by atomic mass is 10.2. The summed E-state index contributed by atoms with van der Waals surface area (Å²) < 4.78 is 13.1. The molecule has 0 saturated heterocycles. The van der Waals surface area contributed by atoms with Gasteiger partial charge >= 0.3 is 0 Å². The van der Waals surface area contributed by atoms with Crippen LogP contribution in [0.5, 0.6) is 5.75 Å². The molecule has 0 aliphatic rings. The Kier molecular flexibility index (Phi) is 4.84. The summed E-state index contributed by atoms with van der Waals surface area (Å²) in [7, 11) is 0. The molecule has 2 rings (SSSR count). The van der Waals surface area contributed by atoms with Gasteiger partial charge in [-0.05, 0) is 19.9 Å². The number of hydrogen-bond acceptors (Lipinski definition) is 4. The second-order valence-electron chi connectivity index (χ2n) is 5.44. The molecule has 20 heavy (non-hydrogen) atoms. The van der Waals surface area contributed by atoms with Crippen LogP contribution >= 0.6 is 0 Å². The lowest BCUT2D eigenvalue weighted by Crippen LogP contribution is -2.22. The van der Waals surface area contributed by atoms with Crippen molar-refractivity contribution in [1.82, 2.24) is 15.1 Å². The van der Waals surface area contributed by atoms with Gasteiger partial charge in [-0.15, -0.1) is 0 Å². The van der Waals surface area contributed by atoms with E-state index in [2.05, 4.69) is 38.1 Å². The van der Waals surface area contributed by atoms with E-state index in [1.54, 1.807) is 12.5 Å². The van der Waals surface area contributed by atoms with Gasteiger partial charge in [0.05, 0.1) is 18.7 Å². The van der Waals surface area contributed by atoms with Crippen molar-refractivity contribution < 1.29 is 9.15 Å². The highest BCUT2D eigenvalue weighted by Gasteiger charge is 2.09. The number of nitrogens with zero attached hydrogens (tertiary/aromatic N) is 2. The van der Waals surface area contributed by atoms with Gasteiger partial charge in [0, 0.05) is 24.2 Å². The van der Waals surface area contributed by atoms with E-state index in [-0.39, 0.29) is 0 Å². The predicted octanol–water partition coefficient (Wildman–Crippen LogP) is 3.13. The molecule has 0 aromatic carbocycles. The fraction of sp³-hybridized carbons (Fsp3) is 0.533. The summed E-state index contributed by atoms with van der Waals surface area (Å²) in [6.45, 7) is 9.62. The molecule has 0 radical (unpaired) electrons. The summed E-state index contributed by atoms with van der Waals surface area (Å²) in [4.78, 5) is 0. The summed E-state index contributed by atoms with van der Waals surface area (Å²) in [6.07, 6.45) is 5.34. The Morgan fingerprint density at radius 3 is 2.80 bits per heavy atom. The van der Waals surface area contributed by atoms with E-state index < -0.39 is 0 Å². The number of nitrogens with one attached hydrogen (secondary N) is 1. The molecule has 0 aliphatic carbocycles. The van der Waals surface area contributed by atoms with Crippen LogP contribution in [-0.4, -0.2) is 15.8 Å². The van der Waals surface area contributed by atoms with Crippen LogP contribution < -0.4 is 10.1 Å². The lowest BCUT2D eigenvalue weighted by molar-refractivity contribution is 0.267. The lowest BCUT2D eigenvalue weighted by Gasteiger charge is -2.08. The Balaban J connectivity index is 1.91. The van der Waals surface area contributed by atoms with Crippen LogP contribution in [-0.2, 0) is 13.2 Å². The van der Waals surface area contributed by atoms with Crippen LogP contribution in [0.4, 0.5) is 0 Å². The molecule has 110 valence electrons. The van der Waals surface area contributed by atoms with E-state index in [9.17, 15) is 0 Å². The van der Waals surface area contributed by atoms with Gasteiger partial charge in [-0.2, -0.15) is 5.10 Å². The van der Waals surface area contributed by atoms with Crippen LogP contribution in [0, 0.1) is 0 Å². The molecule has 2 aromatic heterocycles. The van der Waals surface area contributed by atoms with Crippen molar-refractivity contribution in [2.24, 2.45) is 0 Å². The fourth-order valence-electron chi connectivity index (χ4n) is 1.79. The van der Waals surface area contributed by atoms with Crippen molar-refractivity contribution >= 4 is 0 Å². The van der Waals surface area contributed by atoms with Gasteiger partial charge in [-0.1, -0.05) is 13.8 Å². The zero-order chi connectivity index (χ0) is 14.5. The molecule has 0 saturated carbocycles. The first kappa shape index (κ1) is 14.7. The first-order valence-corrected chi connectivity index (χ1v) is 7.02. The third-order valence-corrected chi connectivity index (χ3v) is 3.02. The van der Waals surface area contributed by atoms with Gasteiger partial charge in [0.15, 0.2) is 5.75 Å². The molecule has 0 atom stereocenters. The van der Waals surface area contributed by atoms with Gasteiger partial charge < -0.3 is 14.5 Å². The molecule has 5 heteroatoms. The van der Waals surface area contributed by atoms with Crippen LogP contribution in [0.1, 0.15) is 45.1 Å². The van der Waals surface area contributed by atoms with E-state index in [1.807, 2.05) is 16.9 Å². The molecule has 1 N–H and O–H groups in total. The second kappa shape index (κ2) is 6.61. The number of rotatable bonds is 7. The predicted molar refractivity (Wildman–Crippen MR) is 77.6 cm³/mol. The molecule has 0 fully saturated rings. The highest BCUT2D eigenvalue weighted by molar-refractivity contribution is 5.18. The van der Waals surface area contributed by atoms with Gasteiger partial charge in [0.1, 0.15) is 12.4 Å². The van der Waals surface area contributed by atoms with Crippen LogP contribution in [0.3, 0.4) is 0 Å². The minimum Gasteiger partial charge on any atom is -0.482 e. The minimum absolute atomic E-state index is 0.335. The Hall–Kier alpha value is -1.75. The summed E-state index contributed by atoms with van der Waals surface area (Å²) >= 11 is 0. The van der Waals surface area contributed by atoms with Crippen LogP contribution in [0.15, 0.2) is 29.1 Å². The first-order chi connectivity index (χ1) is 9.56. The molecular weight excluding hydrogens is 254 g/mol. The van der Waals surface area contributed by atoms with E-state index in [0.717, 1.165) is 23.6 Å². The first-order valence-electron chi connectivity index (χ1n) is 7.02. The molecule has 0 unspecified atom stereocenters. The van der Waals surface area contributed by atoms with Gasteiger partial charge in [-0.25, -0.2) is 0 Å². The normalized spacial score (nSPS) is 11.5. The largest absolute Gasteiger partial charge is 0.482 e. The molecule has 2 heterocycles. The second-order valence-corrected chi connectivity index (χ2v) is 5.44. The van der Waals surface area contributed by atoms with Crippen LogP contribution in [0.2, 0.25) is 0 Å². The van der Waals surface area contributed by atoms with Crippen molar-refractivity contribution in [2.75, 3.05) is 0 Å². The summed E-state index contributed by atoms with van der Waals surface area (Å²) in [5, 5.41) is 7.62. The molecule has 0 amide bonds. The molecule has 0 bridgehead atoms. The monoisotopic (exact) mass is 277 g/mol. The smallest absolute Gasteiger partial charge is 0.157 e. The third-order valence-electron chi connectivity index (χ3n) is 3.02. The number of hydrogen-bond donors (Lipinski definition) is 1. The summed E-state index contributed by atoms with van der Waals surface area (Å²) in [6, 6.07) is 2.76. The highest BCUT2D eigenvalue weighted by Crippen LogP contribution is 2.17. The van der Waals surface area contributed by atoms with Crippen LogP contribution in [0.25, 0.3) is 0 Å². The number of ether oxygens (including phenoxy) is 1. The van der Waals surface area contributed by atoms with Crippen molar-refractivity contribution in [1.29, 1.82) is 0 Å². The molecular formula is C15H23N3O2. The van der Waals surface area contributed by atoms with E-state index >= 15 is 0 Å². The maximum Gasteiger partial charge on any atom is 0.157 e. The quantitative estimate of drug-likeness (QED) is 0.844. The Morgan fingerprint density at radius 2 is 2.15 bits per heavy atom. The SMILES string of the molecule is CC(C)NCc1ccoc1COc1cnn(C(C)C)c1. The molecule has 5 nitrogen and oxygen atoms in total. The van der Waals surface area contributed by atoms with Gasteiger partial charge in [-0.3, -0.25) is 4.68 Å². The zero-order valence-corrected chi connectivity index (χ0v) is 12.6. The van der Waals surface area contributed by atoms with Crippen molar-refractivity contribution in [2.45, 2.75) is 52.9 Å². The number of furan rings is 1. The van der Waals surface area contributed by atoms with Gasteiger partial charge in [0.2, 0.25) is 0 Å². The maximum atomic E-state index is 5.72. The zero-order valence-electron chi connectivity index (χ0n) is 12.6. The molecule has 0 aliphatic heterocycles. The Labute approximate surface area is 119 Å². The molecule has 2 aromatic rings. The van der Waals surface area contributed by atoms with E-state index in [1.165, 1.54) is 0 Å². The number of aromatic nitrogens is 2. The van der Waals surface area contributed by atoms with Gasteiger partial charge in [0.25, 0.3) is 0 Å². The molecule has 0 spiro atoms. The average molecular weight is 277 g/mol. The average Bonchev–Trinajstić information content (AvgIpc) is 3.03. The van der Waals surface area contributed by atoms with Crippen molar-refractivity contribution in [3.8, 4) is 5.75 Å². The standard InChI is InChI=1S/C15H23N3O2/c1-11(2)16-7-13-5-6-19-15(13)10-20-14-8-17-18(9-14)12(3)4/h5-6,8-9,11-12,16H,7,10H2,1-4H3. The maximum absolute atomic E-state index is 5.72. The van der Waals surface area contributed by atoms with E-state index in [0.29, 0.717) is 18.7 Å². The van der Waals surface area contributed by atoms with Crippen molar-refractivity contribution in [3.63, 3.8) is 0 Å².